The first-order chi connectivity index (χ1) is 12.1. The Kier molecular flexibility index (Phi) is 5.18. The number of carbonyl (C=O) groups is 1. The van der Waals surface area contributed by atoms with Gasteiger partial charge in [0.05, 0.1) is 5.71 Å². The minimum atomic E-state index is -0.321. The van der Waals surface area contributed by atoms with Gasteiger partial charge in [0.1, 0.15) is 19.0 Å². The van der Waals surface area contributed by atoms with Crippen molar-refractivity contribution >= 4 is 11.6 Å². The van der Waals surface area contributed by atoms with Gasteiger partial charge in [-0.3, -0.25) is 4.79 Å². The highest BCUT2D eigenvalue weighted by molar-refractivity contribution is 5.99. The summed E-state index contributed by atoms with van der Waals surface area (Å²) in [5, 5.41) is 4.11. The Bertz CT molecular complexity index is 802. The molecular weight excluding hydrogens is 320 g/mol. The topological polar surface area (TPSA) is 69.2 Å². The fourth-order valence-corrected chi connectivity index (χ4v) is 2.37. The normalized spacial score (nSPS) is 13.3. The van der Waals surface area contributed by atoms with E-state index in [9.17, 15) is 4.79 Å². The molecule has 0 saturated heterocycles. The van der Waals surface area contributed by atoms with Gasteiger partial charge in [-0.1, -0.05) is 12.1 Å². The Morgan fingerprint density at radius 3 is 2.76 bits per heavy atom. The molecule has 130 valence electrons. The van der Waals surface area contributed by atoms with E-state index in [0.717, 1.165) is 16.9 Å². The van der Waals surface area contributed by atoms with Crippen molar-refractivity contribution in [3.63, 3.8) is 0 Å². The molecule has 2 aromatic rings. The van der Waals surface area contributed by atoms with E-state index in [4.69, 9.17) is 14.2 Å². The van der Waals surface area contributed by atoms with E-state index in [1.54, 1.807) is 0 Å². The number of hydrogen-bond donors (Lipinski definition) is 1. The molecule has 1 heterocycles. The molecule has 0 fully saturated rings. The maximum atomic E-state index is 11.9. The zero-order chi connectivity index (χ0) is 17.6. The average Bonchev–Trinajstić information content (AvgIpc) is 2.64. The minimum absolute atomic E-state index is 0.0959. The molecule has 6 nitrogen and oxygen atoms in total. The summed E-state index contributed by atoms with van der Waals surface area (Å²) in [7, 11) is 0. The monoisotopic (exact) mass is 340 g/mol. The first-order valence-electron chi connectivity index (χ1n) is 8.04. The highest BCUT2D eigenvalue weighted by Crippen LogP contribution is 2.30. The van der Waals surface area contributed by atoms with Gasteiger partial charge < -0.3 is 14.2 Å². The van der Waals surface area contributed by atoms with Gasteiger partial charge in [0.15, 0.2) is 18.1 Å². The fraction of sp³-hybridized carbons (Fsp3) is 0.263. The maximum Gasteiger partial charge on any atom is 0.277 e. The molecule has 6 heteroatoms. The number of rotatable bonds is 5. The Morgan fingerprint density at radius 2 is 1.96 bits per heavy atom. The lowest BCUT2D eigenvalue weighted by atomic mass is 10.1. The van der Waals surface area contributed by atoms with Crippen LogP contribution in [0.4, 0.5) is 0 Å². The summed E-state index contributed by atoms with van der Waals surface area (Å²) in [5.41, 5.74) is 5.09. The number of hydrazone groups is 1. The van der Waals surface area contributed by atoms with Gasteiger partial charge >= 0.3 is 0 Å². The maximum absolute atomic E-state index is 11.9. The van der Waals surface area contributed by atoms with Crippen LogP contribution >= 0.6 is 0 Å². The second-order valence-electron chi connectivity index (χ2n) is 5.70. The van der Waals surface area contributed by atoms with E-state index >= 15 is 0 Å². The highest BCUT2D eigenvalue weighted by Gasteiger charge is 2.12. The van der Waals surface area contributed by atoms with E-state index in [-0.39, 0.29) is 12.5 Å². The Balaban J connectivity index is 1.56. The van der Waals surface area contributed by atoms with Gasteiger partial charge in [-0.25, -0.2) is 5.43 Å². The van der Waals surface area contributed by atoms with Crippen LogP contribution in [0.1, 0.15) is 18.1 Å². The Morgan fingerprint density at radius 1 is 1.16 bits per heavy atom. The van der Waals surface area contributed by atoms with Crippen LogP contribution < -0.4 is 19.6 Å². The van der Waals surface area contributed by atoms with Crippen molar-refractivity contribution in [2.24, 2.45) is 5.10 Å². The minimum Gasteiger partial charge on any atom is -0.486 e. The molecule has 0 atom stereocenters. The lowest BCUT2D eigenvalue weighted by Crippen LogP contribution is -2.25. The molecular formula is C19H20N2O4. The predicted octanol–water partition coefficient (Wildman–Crippen LogP) is 2.69. The zero-order valence-electron chi connectivity index (χ0n) is 14.2. The number of ether oxygens (including phenoxy) is 3. The van der Waals surface area contributed by atoms with Crippen LogP contribution in [-0.4, -0.2) is 31.4 Å². The van der Waals surface area contributed by atoms with Crippen molar-refractivity contribution in [3.8, 4) is 17.2 Å². The second-order valence-corrected chi connectivity index (χ2v) is 5.70. The van der Waals surface area contributed by atoms with Gasteiger partial charge in [0.2, 0.25) is 0 Å². The smallest absolute Gasteiger partial charge is 0.277 e. The number of benzene rings is 2. The van der Waals surface area contributed by atoms with Crippen LogP contribution in [0, 0.1) is 6.92 Å². The third kappa shape index (κ3) is 4.50. The highest BCUT2D eigenvalue weighted by atomic mass is 16.6. The molecule has 1 N–H and O–H groups in total. The third-order valence-electron chi connectivity index (χ3n) is 3.67. The largest absolute Gasteiger partial charge is 0.486 e. The van der Waals surface area contributed by atoms with Crippen LogP contribution in [-0.2, 0) is 4.79 Å². The standard InChI is InChI=1S/C19H20N2O4/c1-13-4-3-5-16(10-13)25-12-19(22)21-20-14(2)15-6-7-17-18(11-15)24-9-8-23-17/h3-7,10-11H,8-9,12H2,1-2H3,(H,21,22). The summed E-state index contributed by atoms with van der Waals surface area (Å²) in [6.45, 7) is 4.76. The summed E-state index contributed by atoms with van der Waals surface area (Å²) in [6.07, 6.45) is 0. The molecule has 0 saturated carbocycles. The Labute approximate surface area is 146 Å². The first-order valence-corrected chi connectivity index (χ1v) is 8.04. The quantitative estimate of drug-likeness (QED) is 0.671. The number of carbonyl (C=O) groups excluding carboxylic acids is 1. The van der Waals surface area contributed by atoms with Gasteiger partial charge in [-0.05, 0) is 49.7 Å². The van der Waals surface area contributed by atoms with Crippen molar-refractivity contribution in [1.82, 2.24) is 5.43 Å². The summed E-state index contributed by atoms with van der Waals surface area (Å²) in [6, 6.07) is 13.1. The lowest BCUT2D eigenvalue weighted by molar-refractivity contribution is -0.123. The molecule has 25 heavy (non-hydrogen) atoms. The lowest BCUT2D eigenvalue weighted by Gasteiger charge is -2.18. The van der Waals surface area contributed by atoms with Crippen molar-refractivity contribution in [2.45, 2.75) is 13.8 Å². The molecule has 2 aromatic carbocycles. The van der Waals surface area contributed by atoms with Crippen LogP contribution in [0.25, 0.3) is 0 Å². The summed E-state index contributed by atoms with van der Waals surface area (Å²) in [5.74, 6) is 1.74. The molecule has 1 amide bonds. The van der Waals surface area contributed by atoms with Gasteiger partial charge in [0.25, 0.3) is 5.91 Å². The van der Waals surface area contributed by atoms with E-state index in [1.165, 1.54) is 0 Å². The molecule has 0 aliphatic carbocycles. The zero-order valence-corrected chi connectivity index (χ0v) is 14.2. The van der Waals surface area contributed by atoms with Gasteiger partial charge in [-0.15, -0.1) is 0 Å². The summed E-state index contributed by atoms with van der Waals surface area (Å²) in [4.78, 5) is 11.9. The molecule has 3 rings (SSSR count). The van der Waals surface area contributed by atoms with Crippen molar-refractivity contribution in [1.29, 1.82) is 0 Å². The van der Waals surface area contributed by atoms with Gasteiger partial charge in [-0.2, -0.15) is 5.10 Å². The van der Waals surface area contributed by atoms with Crippen molar-refractivity contribution in [2.75, 3.05) is 19.8 Å². The van der Waals surface area contributed by atoms with E-state index in [2.05, 4.69) is 10.5 Å². The summed E-state index contributed by atoms with van der Waals surface area (Å²) < 4.78 is 16.5. The number of hydrogen-bond acceptors (Lipinski definition) is 5. The molecule has 1 aliphatic heterocycles. The molecule has 1 aliphatic rings. The number of nitrogens with one attached hydrogen (secondary N) is 1. The number of fused-ring (bicyclic) bond motifs is 1. The van der Waals surface area contributed by atoms with E-state index < -0.39 is 0 Å². The number of amides is 1. The average molecular weight is 340 g/mol. The van der Waals surface area contributed by atoms with E-state index in [1.807, 2.05) is 56.3 Å². The molecule has 0 unspecified atom stereocenters. The van der Waals surface area contributed by atoms with Crippen LogP contribution in [0.3, 0.4) is 0 Å². The predicted molar refractivity (Wildman–Crippen MR) is 94.5 cm³/mol. The van der Waals surface area contributed by atoms with Gasteiger partial charge in [0, 0.05) is 5.56 Å². The Hall–Kier alpha value is -3.02. The number of aryl methyl sites for hydroxylation is 1. The third-order valence-corrected chi connectivity index (χ3v) is 3.67. The van der Waals surface area contributed by atoms with Crippen molar-refractivity contribution in [3.05, 3.63) is 53.6 Å². The second kappa shape index (κ2) is 7.70. The molecule has 0 aromatic heterocycles. The van der Waals surface area contributed by atoms with Crippen LogP contribution in [0.5, 0.6) is 17.2 Å². The van der Waals surface area contributed by atoms with Crippen LogP contribution in [0.2, 0.25) is 0 Å². The van der Waals surface area contributed by atoms with E-state index in [0.29, 0.717) is 30.4 Å². The SMILES string of the molecule is CC(=NNC(=O)COc1cccc(C)c1)c1ccc2c(c1)OCCO2. The fourth-order valence-electron chi connectivity index (χ4n) is 2.37. The van der Waals surface area contributed by atoms with Crippen molar-refractivity contribution < 1.29 is 19.0 Å². The molecule has 0 bridgehead atoms. The first kappa shape index (κ1) is 16.8. The molecule has 0 spiro atoms. The molecule has 0 radical (unpaired) electrons. The summed E-state index contributed by atoms with van der Waals surface area (Å²) >= 11 is 0. The van der Waals surface area contributed by atoms with Crippen LogP contribution in [0.15, 0.2) is 47.6 Å². The number of nitrogens with zero attached hydrogens (tertiary/aromatic N) is 1.